The minimum atomic E-state index is -1.26. The Morgan fingerprint density at radius 1 is 1.39 bits per heavy atom. The number of carbonyl (C=O) groups is 2. The van der Waals surface area contributed by atoms with Crippen LogP contribution >= 0.6 is 0 Å². The summed E-state index contributed by atoms with van der Waals surface area (Å²) in [7, 11) is 1.49. The molecule has 1 atom stereocenters. The zero-order chi connectivity index (χ0) is 13.9. The first-order chi connectivity index (χ1) is 8.32. The summed E-state index contributed by atoms with van der Waals surface area (Å²) in [6.07, 6.45) is 2.65. The molecule has 6 heteroatoms. The fraction of sp³-hybridized carbons (Fsp3) is 0.833. The second kappa shape index (κ2) is 5.56. The number of amides is 2. The number of likely N-dealkylation sites (tertiary alicyclic amines) is 1. The van der Waals surface area contributed by atoms with Crippen LogP contribution in [0.2, 0.25) is 0 Å². The molecule has 1 aliphatic rings. The molecule has 6 nitrogen and oxygen atoms in total. The SMILES string of the molecule is CN(C(=O)N1CCCCC1CO)C(C)(C)C(=O)O. The Bertz CT molecular complexity index is 330. The molecule has 0 saturated carbocycles. The number of aliphatic carboxylic acids is 1. The van der Waals surface area contributed by atoms with Crippen LogP contribution in [0, 0.1) is 0 Å². The number of carbonyl (C=O) groups excluding carboxylic acids is 1. The molecular formula is C12H22N2O4. The van der Waals surface area contributed by atoms with Gasteiger partial charge in [0, 0.05) is 13.6 Å². The van der Waals surface area contributed by atoms with Gasteiger partial charge in [0.15, 0.2) is 0 Å². The lowest BCUT2D eigenvalue weighted by molar-refractivity contribution is -0.147. The largest absolute Gasteiger partial charge is 0.480 e. The zero-order valence-electron chi connectivity index (χ0n) is 11.2. The maximum absolute atomic E-state index is 12.3. The smallest absolute Gasteiger partial charge is 0.329 e. The molecule has 18 heavy (non-hydrogen) atoms. The number of carboxylic acids is 1. The molecule has 1 rings (SSSR count). The van der Waals surface area contributed by atoms with Crippen molar-refractivity contribution in [2.24, 2.45) is 0 Å². The third kappa shape index (κ3) is 2.75. The summed E-state index contributed by atoms with van der Waals surface area (Å²) in [5.41, 5.74) is -1.26. The summed E-state index contributed by atoms with van der Waals surface area (Å²) < 4.78 is 0. The number of urea groups is 1. The van der Waals surface area contributed by atoms with Crippen LogP contribution in [-0.2, 0) is 4.79 Å². The van der Waals surface area contributed by atoms with Crippen LogP contribution in [0.3, 0.4) is 0 Å². The third-order valence-corrected chi connectivity index (χ3v) is 3.73. The first-order valence-electron chi connectivity index (χ1n) is 6.21. The van der Waals surface area contributed by atoms with Gasteiger partial charge in [-0.05, 0) is 33.1 Å². The molecule has 104 valence electrons. The van der Waals surface area contributed by atoms with Gasteiger partial charge < -0.3 is 20.0 Å². The summed E-state index contributed by atoms with van der Waals surface area (Å²) in [5.74, 6) is -1.05. The highest BCUT2D eigenvalue weighted by Crippen LogP contribution is 2.21. The Hall–Kier alpha value is -1.30. The molecule has 0 radical (unpaired) electrons. The van der Waals surface area contributed by atoms with E-state index in [1.54, 1.807) is 4.90 Å². The van der Waals surface area contributed by atoms with Crippen LogP contribution < -0.4 is 0 Å². The molecule has 0 bridgehead atoms. The van der Waals surface area contributed by atoms with Crippen LogP contribution in [-0.4, -0.2) is 63.8 Å². The Kier molecular flexibility index (Phi) is 4.56. The van der Waals surface area contributed by atoms with E-state index in [1.807, 2.05) is 0 Å². The standard InChI is InChI=1S/C12H22N2O4/c1-12(2,10(16)17)13(3)11(18)14-7-5-4-6-9(14)8-15/h9,15H,4-8H2,1-3H3,(H,16,17). The lowest BCUT2D eigenvalue weighted by atomic mass is 10.0. The highest BCUT2D eigenvalue weighted by atomic mass is 16.4. The highest BCUT2D eigenvalue weighted by molar-refractivity contribution is 5.85. The van der Waals surface area contributed by atoms with Crippen LogP contribution in [0.15, 0.2) is 0 Å². The van der Waals surface area contributed by atoms with Crippen molar-refractivity contribution in [2.45, 2.75) is 44.7 Å². The van der Waals surface area contributed by atoms with Crippen molar-refractivity contribution in [3.63, 3.8) is 0 Å². The molecular weight excluding hydrogens is 236 g/mol. The van der Waals surface area contributed by atoms with Crippen molar-refractivity contribution in [3.8, 4) is 0 Å². The normalized spacial score (nSPS) is 20.7. The lowest BCUT2D eigenvalue weighted by Gasteiger charge is -2.41. The van der Waals surface area contributed by atoms with Gasteiger partial charge in [0.25, 0.3) is 0 Å². The second-order valence-electron chi connectivity index (χ2n) is 5.23. The highest BCUT2D eigenvalue weighted by Gasteiger charge is 2.39. The van der Waals surface area contributed by atoms with Gasteiger partial charge in [-0.1, -0.05) is 0 Å². The van der Waals surface area contributed by atoms with Crippen molar-refractivity contribution in [1.82, 2.24) is 9.80 Å². The number of aliphatic hydroxyl groups is 1. The summed E-state index contributed by atoms with van der Waals surface area (Å²) in [6, 6.07) is -0.528. The predicted molar refractivity (Wildman–Crippen MR) is 66.3 cm³/mol. The average Bonchev–Trinajstić information content (AvgIpc) is 2.36. The molecule has 0 aromatic carbocycles. The molecule has 0 spiro atoms. The maximum Gasteiger partial charge on any atom is 0.329 e. The molecule has 0 aromatic heterocycles. The topological polar surface area (TPSA) is 81.1 Å². The van der Waals surface area contributed by atoms with Gasteiger partial charge in [0.2, 0.25) is 0 Å². The number of piperidine rings is 1. The quantitative estimate of drug-likeness (QED) is 0.782. The van der Waals surface area contributed by atoms with Crippen LogP contribution in [0.4, 0.5) is 4.79 Å². The van der Waals surface area contributed by atoms with Gasteiger partial charge >= 0.3 is 12.0 Å². The summed E-state index contributed by atoms with van der Waals surface area (Å²) in [6.45, 7) is 3.48. The van der Waals surface area contributed by atoms with Gasteiger partial charge in [-0.2, -0.15) is 0 Å². The van der Waals surface area contributed by atoms with E-state index in [0.717, 1.165) is 19.3 Å². The van der Waals surface area contributed by atoms with Gasteiger partial charge in [-0.15, -0.1) is 0 Å². The second-order valence-corrected chi connectivity index (χ2v) is 5.23. The van der Waals surface area contributed by atoms with Crippen LogP contribution in [0.5, 0.6) is 0 Å². The minimum Gasteiger partial charge on any atom is -0.480 e. The zero-order valence-corrected chi connectivity index (χ0v) is 11.2. The monoisotopic (exact) mass is 258 g/mol. The fourth-order valence-corrected chi connectivity index (χ4v) is 2.02. The molecule has 0 aliphatic carbocycles. The fourth-order valence-electron chi connectivity index (χ4n) is 2.02. The predicted octanol–water partition coefficient (Wildman–Crippen LogP) is 0.748. The van der Waals surface area contributed by atoms with Gasteiger partial charge in [-0.3, -0.25) is 0 Å². The van der Waals surface area contributed by atoms with E-state index in [-0.39, 0.29) is 18.7 Å². The van der Waals surface area contributed by atoms with Crippen molar-refractivity contribution in [2.75, 3.05) is 20.2 Å². The van der Waals surface area contributed by atoms with E-state index in [9.17, 15) is 14.7 Å². The minimum absolute atomic E-state index is 0.0763. The molecule has 2 N–H and O–H groups in total. The molecule has 1 heterocycles. The van der Waals surface area contributed by atoms with Crippen LogP contribution in [0.25, 0.3) is 0 Å². The Balaban J connectivity index is 2.82. The lowest BCUT2D eigenvalue weighted by Crippen LogP contribution is -2.58. The number of likely N-dealkylation sites (N-methyl/N-ethyl adjacent to an activating group) is 1. The van der Waals surface area contributed by atoms with Crippen molar-refractivity contribution in [1.29, 1.82) is 0 Å². The van der Waals surface area contributed by atoms with E-state index < -0.39 is 11.5 Å². The molecule has 1 saturated heterocycles. The van der Waals surface area contributed by atoms with Gasteiger partial charge in [0.1, 0.15) is 5.54 Å². The van der Waals surface area contributed by atoms with Crippen molar-refractivity contribution >= 4 is 12.0 Å². The van der Waals surface area contributed by atoms with Crippen LogP contribution in [0.1, 0.15) is 33.1 Å². The Morgan fingerprint density at radius 3 is 2.50 bits per heavy atom. The first kappa shape index (κ1) is 14.8. The number of carboxylic acid groups (broad SMARTS) is 1. The third-order valence-electron chi connectivity index (χ3n) is 3.73. The Labute approximate surface area is 107 Å². The van der Waals surface area contributed by atoms with Gasteiger partial charge in [0.05, 0.1) is 12.6 Å². The van der Waals surface area contributed by atoms with E-state index in [0.29, 0.717) is 6.54 Å². The molecule has 2 amide bonds. The summed E-state index contributed by atoms with van der Waals surface area (Å²) >= 11 is 0. The van der Waals surface area contributed by atoms with E-state index in [1.165, 1.54) is 25.8 Å². The van der Waals surface area contributed by atoms with E-state index in [2.05, 4.69) is 0 Å². The number of nitrogens with zero attached hydrogens (tertiary/aromatic N) is 2. The Morgan fingerprint density at radius 2 is 2.00 bits per heavy atom. The number of hydrogen-bond acceptors (Lipinski definition) is 3. The van der Waals surface area contributed by atoms with Gasteiger partial charge in [-0.25, -0.2) is 9.59 Å². The average molecular weight is 258 g/mol. The molecule has 1 aliphatic heterocycles. The van der Waals surface area contributed by atoms with Crippen molar-refractivity contribution < 1.29 is 19.8 Å². The van der Waals surface area contributed by atoms with E-state index in [4.69, 9.17) is 5.11 Å². The number of rotatable bonds is 3. The molecule has 1 fully saturated rings. The molecule has 1 unspecified atom stereocenters. The maximum atomic E-state index is 12.3. The summed E-state index contributed by atoms with van der Waals surface area (Å²) in [5, 5.41) is 18.4. The van der Waals surface area contributed by atoms with Crippen molar-refractivity contribution in [3.05, 3.63) is 0 Å². The first-order valence-corrected chi connectivity index (χ1v) is 6.21. The summed E-state index contributed by atoms with van der Waals surface area (Å²) in [4.78, 5) is 26.2. The van der Waals surface area contributed by atoms with E-state index >= 15 is 0 Å². The number of hydrogen-bond donors (Lipinski definition) is 2. The molecule has 0 aromatic rings. The number of aliphatic hydroxyl groups excluding tert-OH is 1.